The summed E-state index contributed by atoms with van der Waals surface area (Å²) in [6, 6.07) is 0.621. The molecular formula is C12H26N2O. The SMILES string of the molecule is CCCNC1(CO)CCCC(N(C)C)C1. The van der Waals surface area contributed by atoms with Crippen molar-refractivity contribution >= 4 is 0 Å². The first-order valence-electron chi connectivity index (χ1n) is 6.16. The van der Waals surface area contributed by atoms with E-state index in [4.69, 9.17) is 0 Å². The van der Waals surface area contributed by atoms with Gasteiger partial charge >= 0.3 is 0 Å². The minimum absolute atomic E-state index is 0.0107. The highest BCUT2D eigenvalue weighted by atomic mass is 16.3. The lowest BCUT2D eigenvalue weighted by molar-refractivity contribution is 0.0783. The van der Waals surface area contributed by atoms with Gasteiger partial charge in [0.1, 0.15) is 0 Å². The van der Waals surface area contributed by atoms with Gasteiger partial charge in [-0.1, -0.05) is 6.92 Å². The summed E-state index contributed by atoms with van der Waals surface area (Å²) < 4.78 is 0. The van der Waals surface area contributed by atoms with Crippen LogP contribution in [0.5, 0.6) is 0 Å². The van der Waals surface area contributed by atoms with E-state index in [1.165, 1.54) is 12.8 Å². The van der Waals surface area contributed by atoms with E-state index in [-0.39, 0.29) is 12.1 Å². The van der Waals surface area contributed by atoms with Crippen LogP contribution in [0.1, 0.15) is 39.0 Å². The van der Waals surface area contributed by atoms with Gasteiger partial charge in [-0.25, -0.2) is 0 Å². The van der Waals surface area contributed by atoms with Crippen LogP contribution in [0.3, 0.4) is 0 Å². The molecule has 0 radical (unpaired) electrons. The maximum Gasteiger partial charge on any atom is 0.0613 e. The Morgan fingerprint density at radius 3 is 2.73 bits per heavy atom. The summed E-state index contributed by atoms with van der Waals surface area (Å²) in [7, 11) is 4.27. The third kappa shape index (κ3) is 3.44. The molecule has 1 fully saturated rings. The van der Waals surface area contributed by atoms with Crippen LogP contribution in [0.2, 0.25) is 0 Å². The van der Waals surface area contributed by atoms with E-state index in [0.29, 0.717) is 6.04 Å². The Hall–Kier alpha value is -0.120. The Kier molecular flexibility index (Phi) is 5.03. The molecule has 3 nitrogen and oxygen atoms in total. The summed E-state index contributed by atoms with van der Waals surface area (Å²) in [5.74, 6) is 0. The molecule has 0 aromatic rings. The highest BCUT2D eigenvalue weighted by molar-refractivity contribution is 4.95. The highest BCUT2D eigenvalue weighted by Crippen LogP contribution is 2.30. The fraction of sp³-hybridized carbons (Fsp3) is 1.00. The molecule has 3 heteroatoms. The second-order valence-electron chi connectivity index (χ2n) is 5.08. The molecule has 2 N–H and O–H groups in total. The van der Waals surface area contributed by atoms with Crippen molar-refractivity contribution in [3.05, 3.63) is 0 Å². The molecule has 15 heavy (non-hydrogen) atoms. The lowest BCUT2D eigenvalue weighted by Crippen LogP contribution is -2.55. The molecule has 0 bridgehead atoms. The summed E-state index contributed by atoms with van der Waals surface area (Å²) in [5, 5.41) is 13.1. The van der Waals surface area contributed by atoms with Gasteiger partial charge in [-0.3, -0.25) is 0 Å². The number of nitrogens with one attached hydrogen (secondary N) is 1. The van der Waals surface area contributed by atoms with Gasteiger partial charge < -0.3 is 15.3 Å². The first-order valence-corrected chi connectivity index (χ1v) is 6.16. The Bertz CT molecular complexity index is 184. The van der Waals surface area contributed by atoms with Gasteiger partial charge in [-0.15, -0.1) is 0 Å². The predicted octanol–water partition coefficient (Wildman–Crippen LogP) is 1.22. The zero-order valence-electron chi connectivity index (χ0n) is 10.4. The standard InChI is InChI=1S/C12H26N2O/c1-4-8-13-12(10-15)7-5-6-11(9-12)14(2)3/h11,13,15H,4-10H2,1-3H3. The van der Waals surface area contributed by atoms with Gasteiger partial charge in [0.15, 0.2) is 0 Å². The van der Waals surface area contributed by atoms with Crippen LogP contribution in [0.25, 0.3) is 0 Å². The number of rotatable bonds is 5. The third-order valence-corrected chi connectivity index (χ3v) is 3.60. The van der Waals surface area contributed by atoms with E-state index in [9.17, 15) is 5.11 Å². The summed E-state index contributed by atoms with van der Waals surface area (Å²) in [5.41, 5.74) is -0.0107. The first-order chi connectivity index (χ1) is 7.13. The van der Waals surface area contributed by atoms with Crippen LogP contribution in [0.4, 0.5) is 0 Å². The zero-order valence-corrected chi connectivity index (χ0v) is 10.4. The quantitative estimate of drug-likeness (QED) is 0.722. The van der Waals surface area contributed by atoms with Gasteiger partial charge in [0.2, 0.25) is 0 Å². The molecule has 0 spiro atoms. The molecule has 1 saturated carbocycles. The van der Waals surface area contributed by atoms with Crippen LogP contribution in [0, 0.1) is 0 Å². The van der Waals surface area contributed by atoms with Crippen molar-refractivity contribution in [1.82, 2.24) is 10.2 Å². The van der Waals surface area contributed by atoms with E-state index >= 15 is 0 Å². The van der Waals surface area contributed by atoms with Gasteiger partial charge in [-0.05, 0) is 52.7 Å². The van der Waals surface area contributed by atoms with Crippen LogP contribution in [-0.2, 0) is 0 Å². The van der Waals surface area contributed by atoms with Crippen molar-refractivity contribution < 1.29 is 5.11 Å². The van der Waals surface area contributed by atoms with E-state index in [1.807, 2.05) is 0 Å². The molecule has 0 amide bonds. The largest absolute Gasteiger partial charge is 0.394 e. The van der Waals surface area contributed by atoms with Crippen molar-refractivity contribution in [2.45, 2.75) is 50.6 Å². The molecule has 1 rings (SSSR count). The normalized spacial score (nSPS) is 32.2. The second-order valence-corrected chi connectivity index (χ2v) is 5.08. The molecule has 0 aromatic heterocycles. The third-order valence-electron chi connectivity index (χ3n) is 3.60. The highest BCUT2D eigenvalue weighted by Gasteiger charge is 2.35. The lowest BCUT2D eigenvalue weighted by Gasteiger charge is -2.42. The van der Waals surface area contributed by atoms with Gasteiger partial charge in [-0.2, -0.15) is 0 Å². The Balaban J connectivity index is 2.55. The van der Waals surface area contributed by atoms with Crippen LogP contribution in [-0.4, -0.2) is 48.8 Å². The first kappa shape index (κ1) is 12.9. The van der Waals surface area contributed by atoms with E-state index in [0.717, 1.165) is 25.8 Å². The van der Waals surface area contributed by atoms with Crippen molar-refractivity contribution in [2.24, 2.45) is 0 Å². The number of aliphatic hydroxyl groups excluding tert-OH is 1. The van der Waals surface area contributed by atoms with Crippen molar-refractivity contribution in [1.29, 1.82) is 0 Å². The second kappa shape index (κ2) is 5.83. The molecule has 2 unspecified atom stereocenters. The summed E-state index contributed by atoms with van der Waals surface area (Å²) >= 11 is 0. The molecule has 90 valence electrons. The molecule has 1 aliphatic carbocycles. The van der Waals surface area contributed by atoms with Crippen LogP contribution < -0.4 is 5.32 Å². The number of aliphatic hydroxyl groups is 1. The smallest absolute Gasteiger partial charge is 0.0613 e. The summed E-state index contributed by atoms with van der Waals surface area (Å²) in [6.07, 6.45) is 5.82. The number of hydrogen-bond donors (Lipinski definition) is 2. The van der Waals surface area contributed by atoms with Crippen molar-refractivity contribution in [3.63, 3.8) is 0 Å². The van der Waals surface area contributed by atoms with E-state index in [1.54, 1.807) is 0 Å². The zero-order chi connectivity index (χ0) is 11.3. The maximum absolute atomic E-state index is 9.59. The van der Waals surface area contributed by atoms with Gasteiger partial charge in [0, 0.05) is 11.6 Å². The Morgan fingerprint density at radius 2 is 2.20 bits per heavy atom. The molecular weight excluding hydrogens is 188 g/mol. The minimum atomic E-state index is -0.0107. The van der Waals surface area contributed by atoms with Gasteiger partial charge in [0.25, 0.3) is 0 Å². The topological polar surface area (TPSA) is 35.5 Å². The minimum Gasteiger partial charge on any atom is -0.394 e. The molecule has 2 atom stereocenters. The summed E-state index contributed by atoms with van der Waals surface area (Å²) in [6.45, 7) is 3.46. The predicted molar refractivity (Wildman–Crippen MR) is 64.1 cm³/mol. The summed E-state index contributed by atoms with van der Waals surface area (Å²) in [4.78, 5) is 2.29. The fourth-order valence-electron chi connectivity index (χ4n) is 2.52. The van der Waals surface area contributed by atoms with Crippen LogP contribution >= 0.6 is 0 Å². The molecule has 0 heterocycles. The van der Waals surface area contributed by atoms with Crippen LogP contribution in [0.15, 0.2) is 0 Å². The molecule has 0 aromatic carbocycles. The molecule has 1 aliphatic rings. The fourth-order valence-corrected chi connectivity index (χ4v) is 2.52. The van der Waals surface area contributed by atoms with Gasteiger partial charge in [0.05, 0.1) is 6.61 Å². The monoisotopic (exact) mass is 214 g/mol. The number of nitrogens with zero attached hydrogens (tertiary/aromatic N) is 1. The Morgan fingerprint density at radius 1 is 1.47 bits per heavy atom. The lowest BCUT2D eigenvalue weighted by atomic mass is 9.79. The molecule has 0 aliphatic heterocycles. The van der Waals surface area contributed by atoms with E-state index in [2.05, 4.69) is 31.2 Å². The molecule has 0 saturated heterocycles. The van der Waals surface area contributed by atoms with Crippen molar-refractivity contribution in [2.75, 3.05) is 27.2 Å². The van der Waals surface area contributed by atoms with Crippen molar-refractivity contribution in [3.8, 4) is 0 Å². The van der Waals surface area contributed by atoms with E-state index < -0.39 is 0 Å². The maximum atomic E-state index is 9.59. The average Bonchev–Trinajstić information content (AvgIpc) is 2.26. The number of hydrogen-bond acceptors (Lipinski definition) is 3. The Labute approximate surface area is 93.9 Å². The average molecular weight is 214 g/mol.